The summed E-state index contributed by atoms with van der Waals surface area (Å²) in [7, 11) is -3.93. The lowest BCUT2D eigenvalue weighted by Gasteiger charge is -2.34. The van der Waals surface area contributed by atoms with Crippen LogP contribution in [0.5, 0.6) is 11.5 Å². The number of amides is 1. The van der Waals surface area contributed by atoms with Gasteiger partial charge >= 0.3 is 0 Å². The topological polar surface area (TPSA) is 84.9 Å². The van der Waals surface area contributed by atoms with Crippen LogP contribution in [0.2, 0.25) is 5.02 Å². The Morgan fingerprint density at radius 1 is 1.09 bits per heavy atom. The highest BCUT2D eigenvalue weighted by molar-refractivity contribution is 7.92. The van der Waals surface area contributed by atoms with Gasteiger partial charge in [-0.1, -0.05) is 41.9 Å². The molecule has 0 saturated carbocycles. The number of ether oxygens (including phenoxy) is 2. The van der Waals surface area contributed by atoms with Gasteiger partial charge in [-0.05, 0) is 55.0 Å². The van der Waals surface area contributed by atoms with Crippen molar-refractivity contribution in [3.63, 3.8) is 0 Å². The van der Waals surface area contributed by atoms with Gasteiger partial charge in [-0.2, -0.15) is 0 Å². The van der Waals surface area contributed by atoms with Crippen LogP contribution in [0.15, 0.2) is 77.7 Å². The van der Waals surface area contributed by atoms with Crippen LogP contribution < -0.4 is 19.1 Å². The van der Waals surface area contributed by atoms with Gasteiger partial charge in [-0.3, -0.25) is 9.10 Å². The van der Waals surface area contributed by atoms with Crippen LogP contribution >= 0.6 is 11.6 Å². The Hall–Kier alpha value is -3.23. The molecule has 7 nitrogen and oxygen atoms in total. The fourth-order valence-electron chi connectivity index (χ4n) is 3.47. The number of halogens is 1. The SMILES string of the molecule is Cc1ccccc1OCCNC(=O)C1CN(S(=O)(=O)c2ccc(Cl)cc2)c2ccccc2O1. The fraction of sp³-hybridized carbons (Fsp3) is 0.208. The standard InChI is InChI=1S/C24H23ClN2O5S/c1-17-6-2-4-8-21(17)31-15-14-26-24(28)23-16-27(20-7-3-5-9-22(20)32-23)33(29,30)19-12-10-18(25)11-13-19/h2-13,23H,14-16H2,1H3,(H,26,28). The number of sulfonamides is 1. The number of aryl methyl sites for hydroxylation is 1. The molecule has 1 N–H and O–H groups in total. The summed E-state index contributed by atoms with van der Waals surface area (Å²) >= 11 is 5.91. The van der Waals surface area contributed by atoms with Crippen LogP contribution in [0.25, 0.3) is 0 Å². The Morgan fingerprint density at radius 2 is 1.79 bits per heavy atom. The van der Waals surface area contributed by atoms with Crippen LogP contribution in [0.3, 0.4) is 0 Å². The van der Waals surface area contributed by atoms with Gasteiger partial charge in [0.25, 0.3) is 15.9 Å². The van der Waals surface area contributed by atoms with Crippen LogP contribution in [0.4, 0.5) is 5.69 Å². The Morgan fingerprint density at radius 3 is 2.55 bits per heavy atom. The molecule has 9 heteroatoms. The minimum absolute atomic E-state index is 0.0781. The zero-order chi connectivity index (χ0) is 23.4. The quantitative estimate of drug-likeness (QED) is 0.513. The molecule has 0 aromatic heterocycles. The van der Waals surface area contributed by atoms with E-state index in [0.717, 1.165) is 11.3 Å². The zero-order valence-corrected chi connectivity index (χ0v) is 19.5. The predicted molar refractivity (Wildman–Crippen MR) is 127 cm³/mol. The van der Waals surface area contributed by atoms with Crippen molar-refractivity contribution in [3.05, 3.63) is 83.4 Å². The van der Waals surface area contributed by atoms with E-state index in [9.17, 15) is 13.2 Å². The van der Waals surface area contributed by atoms with Crippen molar-refractivity contribution >= 4 is 33.2 Å². The van der Waals surface area contributed by atoms with Gasteiger partial charge in [0.15, 0.2) is 6.10 Å². The summed E-state index contributed by atoms with van der Waals surface area (Å²) in [6, 6.07) is 20.2. The van der Waals surface area contributed by atoms with E-state index in [0.29, 0.717) is 16.5 Å². The first kappa shape index (κ1) is 22.9. The largest absolute Gasteiger partial charge is 0.491 e. The van der Waals surface area contributed by atoms with Gasteiger partial charge in [0.2, 0.25) is 0 Å². The number of carbonyl (C=O) groups excluding carboxylic acids is 1. The molecule has 1 heterocycles. The summed E-state index contributed by atoms with van der Waals surface area (Å²) < 4.78 is 39.4. The normalized spacial score (nSPS) is 15.3. The van der Waals surface area contributed by atoms with Crippen molar-refractivity contribution in [1.82, 2.24) is 5.32 Å². The first-order chi connectivity index (χ1) is 15.9. The molecule has 0 aliphatic carbocycles. The highest BCUT2D eigenvalue weighted by atomic mass is 35.5. The molecule has 0 saturated heterocycles. The second-order valence-electron chi connectivity index (χ2n) is 7.47. The molecule has 3 aromatic rings. The monoisotopic (exact) mass is 486 g/mol. The number of nitrogens with one attached hydrogen (secondary N) is 1. The third-order valence-electron chi connectivity index (χ3n) is 5.18. The summed E-state index contributed by atoms with van der Waals surface area (Å²) in [5, 5.41) is 3.20. The predicted octanol–water partition coefficient (Wildman–Crippen LogP) is 3.80. The molecule has 3 aromatic carbocycles. The number of nitrogens with zero attached hydrogens (tertiary/aromatic N) is 1. The van der Waals surface area contributed by atoms with E-state index in [1.54, 1.807) is 24.3 Å². The lowest BCUT2D eigenvalue weighted by molar-refractivity contribution is -0.127. The second-order valence-corrected chi connectivity index (χ2v) is 9.77. The van der Waals surface area contributed by atoms with Crippen LogP contribution in [0.1, 0.15) is 5.56 Å². The van der Waals surface area contributed by atoms with Gasteiger partial charge < -0.3 is 14.8 Å². The maximum atomic E-state index is 13.4. The van der Waals surface area contributed by atoms with E-state index in [4.69, 9.17) is 21.1 Å². The van der Waals surface area contributed by atoms with Crippen molar-refractivity contribution in [3.8, 4) is 11.5 Å². The average Bonchev–Trinajstić information content (AvgIpc) is 2.82. The Bertz CT molecular complexity index is 1250. The van der Waals surface area contributed by atoms with Crippen LogP contribution in [-0.4, -0.2) is 40.1 Å². The van der Waals surface area contributed by atoms with Crippen molar-refractivity contribution in [2.45, 2.75) is 17.9 Å². The first-order valence-electron chi connectivity index (χ1n) is 10.4. The lowest BCUT2D eigenvalue weighted by atomic mass is 10.2. The Balaban J connectivity index is 1.47. The Kier molecular flexibility index (Phi) is 6.76. The van der Waals surface area contributed by atoms with Gasteiger partial charge in [0, 0.05) is 5.02 Å². The first-order valence-corrected chi connectivity index (χ1v) is 12.2. The van der Waals surface area contributed by atoms with E-state index in [1.165, 1.54) is 28.6 Å². The Labute approximate surface area is 197 Å². The van der Waals surface area contributed by atoms with Crippen LogP contribution in [-0.2, 0) is 14.8 Å². The zero-order valence-electron chi connectivity index (χ0n) is 17.9. The lowest BCUT2D eigenvalue weighted by Crippen LogP contribution is -2.51. The summed E-state index contributed by atoms with van der Waals surface area (Å²) in [6.07, 6.45) is -1.01. The van der Waals surface area contributed by atoms with Crippen LogP contribution in [0, 0.1) is 6.92 Å². The molecule has 1 unspecified atom stereocenters. The minimum atomic E-state index is -3.93. The summed E-state index contributed by atoms with van der Waals surface area (Å²) in [5.41, 5.74) is 1.37. The van der Waals surface area contributed by atoms with E-state index < -0.39 is 22.0 Å². The molecule has 0 fully saturated rings. The molecule has 0 bridgehead atoms. The van der Waals surface area contributed by atoms with E-state index in [1.807, 2.05) is 31.2 Å². The molecule has 4 rings (SSSR count). The number of hydrogen-bond donors (Lipinski definition) is 1. The number of hydrogen-bond acceptors (Lipinski definition) is 5. The van der Waals surface area contributed by atoms with Gasteiger partial charge in [-0.25, -0.2) is 8.42 Å². The molecule has 1 atom stereocenters. The third kappa shape index (κ3) is 5.07. The highest BCUT2D eigenvalue weighted by Crippen LogP contribution is 2.36. The minimum Gasteiger partial charge on any atom is -0.491 e. The average molecular weight is 487 g/mol. The number of rotatable bonds is 7. The molecule has 0 spiro atoms. The number of para-hydroxylation sites is 3. The van der Waals surface area contributed by atoms with E-state index in [2.05, 4.69) is 5.32 Å². The van der Waals surface area contributed by atoms with Gasteiger partial charge in [0.1, 0.15) is 18.1 Å². The van der Waals surface area contributed by atoms with Crippen molar-refractivity contribution in [1.29, 1.82) is 0 Å². The number of fused-ring (bicyclic) bond motifs is 1. The fourth-order valence-corrected chi connectivity index (χ4v) is 5.07. The highest BCUT2D eigenvalue weighted by Gasteiger charge is 2.37. The van der Waals surface area contributed by atoms with E-state index in [-0.39, 0.29) is 24.6 Å². The second kappa shape index (κ2) is 9.72. The summed E-state index contributed by atoms with van der Waals surface area (Å²) in [4.78, 5) is 12.9. The van der Waals surface area contributed by atoms with Crippen molar-refractivity contribution in [2.24, 2.45) is 0 Å². The van der Waals surface area contributed by atoms with Gasteiger partial charge in [0.05, 0.1) is 23.7 Å². The van der Waals surface area contributed by atoms with Gasteiger partial charge in [-0.15, -0.1) is 0 Å². The molecule has 1 aliphatic rings. The van der Waals surface area contributed by atoms with Crippen molar-refractivity contribution in [2.75, 3.05) is 24.0 Å². The number of anilines is 1. The molecule has 172 valence electrons. The number of benzene rings is 3. The summed E-state index contributed by atoms with van der Waals surface area (Å²) in [6.45, 7) is 2.30. The van der Waals surface area contributed by atoms with Crippen molar-refractivity contribution < 1.29 is 22.7 Å². The number of carbonyl (C=O) groups is 1. The molecular weight excluding hydrogens is 464 g/mol. The van der Waals surface area contributed by atoms with E-state index >= 15 is 0 Å². The molecular formula is C24H23ClN2O5S. The summed E-state index contributed by atoms with van der Waals surface area (Å²) in [5.74, 6) is 0.640. The maximum Gasteiger partial charge on any atom is 0.264 e. The maximum absolute atomic E-state index is 13.4. The smallest absolute Gasteiger partial charge is 0.264 e. The third-order valence-corrected chi connectivity index (χ3v) is 7.23. The molecule has 0 radical (unpaired) electrons. The molecule has 1 aliphatic heterocycles. The molecule has 1 amide bonds. The molecule has 33 heavy (non-hydrogen) atoms.